The van der Waals surface area contributed by atoms with Gasteiger partial charge in [0, 0.05) is 24.9 Å². The third-order valence-electron chi connectivity index (χ3n) is 5.10. The van der Waals surface area contributed by atoms with Crippen LogP contribution in [0.1, 0.15) is 35.9 Å². The second-order valence-corrected chi connectivity index (χ2v) is 7.02. The third-order valence-corrected chi connectivity index (χ3v) is 5.10. The van der Waals surface area contributed by atoms with Crippen molar-refractivity contribution in [2.24, 2.45) is 0 Å². The fraction of sp³-hybridized carbons (Fsp3) is 0.227. The number of nitrogens with one attached hydrogen (secondary N) is 1. The molecule has 4 rings (SSSR count). The van der Waals surface area contributed by atoms with E-state index in [2.05, 4.69) is 9.97 Å². The molecule has 8 heteroatoms. The Labute approximate surface area is 172 Å². The van der Waals surface area contributed by atoms with Crippen LogP contribution in [0.3, 0.4) is 0 Å². The van der Waals surface area contributed by atoms with Crippen LogP contribution in [0.4, 0.5) is 5.69 Å². The van der Waals surface area contributed by atoms with Gasteiger partial charge in [0.1, 0.15) is 5.82 Å². The SMILES string of the molecule is CCN(Cc1nc2ccccc2c(=O)[nH]1)C(=O)c1ccc(N2C(=O)CCC2=O)cc1. The number of para-hydroxylation sites is 1. The molecule has 2 aromatic carbocycles. The summed E-state index contributed by atoms with van der Waals surface area (Å²) in [5.41, 5.74) is 1.21. The Balaban J connectivity index is 1.55. The summed E-state index contributed by atoms with van der Waals surface area (Å²) in [4.78, 5) is 58.9. The van der Waals surface area contributed by atoms with E-state index in [0.717, 1.165) is 4.90 Å². The fourth-order valence-electron chi connectivity index (χ4n) is 3.52. The van der Waals surface area contributed by atoms with Crippen LogP contribution in [0.25, 0.3) is 10.9 Å². The molecule has 1 fully saturated rings. The van der Waals surface area contributed by atoms with E-state index in [0.29, 0.717) is 34.5 Å². The van der Waals surface area contributed by atoms with Gasteiger partial charge in [0.05, 0.1) is 23.1 Å². The lowest BCUT2D eigenvalue weighted by molar-refractivity contribution is -0.121. The van der Waals surface area contributed by atoms with Crippen molar-refractivity contribution < 1.29 is 14.4 Å². The monoisotopic (exact) mass is 404 g/mol. The maximum absolute atomic E-state index is 12.9. The summed E-state index contributed by atoms with van der Waals surface area (Å²) in [6.07, 6.45) is 0.417. The van der Waals surface area contributed by atoms with Gasteiger partial charge in [-0.25, -0.2) is 4.98 Å². The van der Waals surface area contributed by atoms with Crippen LogP contribution in [-0.2, 0) is 16.1 Å². The van der Waals surface area contributed by atoms with Crippen LogP contribution in [0.15, 0.2) is 53.3 Å². The van der Waals surface area contributed by atoms with E-state index in [4.69, 9.17) is 0 Å². The van der Waals surface area contributed by atoms with E-state index in [9.17, 15) is 19.2 Å². The van der Waals surface area contributed by atoms with Gasteiger partial charge < -0.3 is 9.88 Å². The summed E-state index contributed by atoms with van der Waals surface area (Å²) in [5.74, 6) is -0.307. The number of nitrogens with zero attached hydrogens (tertiary/aromatic N) is 3. The van der Waals surface area contributed by atoms with Crippen LogP contribution >= 0.6 is 0 Å². The lowest BCUT2D eigenvalue weighted by Crippen LogP contribution is -2.32. The van der Waals surface area contributed by atoms with E-state index in [1.165, 1.54) is 0 Å². The number of imide groups is 1. The summed E-state index contributed by atoms with van der Waals surface area (Å²) in [6, 6.07) is 13.4. The predicted octanol–water partition coefficient (Wildman–Crippen LogP) is 2.24. The Morgan fingerprint density at radius 2 is 1.70 bits per heavy atom. The fourth-order valence-corrected chi connectivity index (χ4v) is 3.52. The highest BCUT2D eigenvalue weighted by atomic mass is 16.2. The molecule has 2 heterocycles. The number of carbonyl (C=O) groups is 3. The van der Waals surface area contributed by atoms with Crippen molar-refractivity contribution in [3.8, 4) is 0 Å². The minimum absolute atomic E-state index is 0.153. The van der Waals surface area contributed by atoms with E-state index in [1.807, 2.05) is 6.92 Å². The molecule has 0 radical (unpaired) electrons. The number of benzene rings is 2. The average molecular weight is 404 g/mol. The van der Waals surface area contributed by atoms with Crippen LogP contribution in [0.2, 0.25) is 0 Å². The lowest BCUT2D eigenvalue weighted by Gasteiger charge is -2.21. The number of hydrogen-bond acceptors (Lipinski definition) is 5. The molecule has 0 bridgehead atoms. The van der Waals surface area contributed by atoms with Crippen LogP contribution < -0.4 is 10.5 Å². The second-order valence-electron chi connectivity index (χ2n) is 7.02. The van der Waals surface area contributed by atoms with Gasteiger partial charge in [-0.1, -0.05) is 12.1 Å². The molecule has 8 nitrogen and oxygen atoms in total. The van der Waals surface area contributed by atoms with E-state index >= 15 is 0 Å². The number of hydrogen-bond donors (Lipinski definition) is 1. The second kappa shape index (κ2) is 7.90. The highest BCUT2D eigenvalue weighted by Gasteiger charge is 2.30. The first kappa shape index (κ1) is 19.5. The van der Waals surface area contributed by atoms with Crippen molar-refractivity contribution in [1.29, 1.82) is 0 Å². The summed E-state index contributed by atoms with van der Waals surface area (Å²) in [7, 11) is 0. The Bertz CT molecular complexity index is 1180. The Morgan fingerprint density at radius 3 is 2.37 bits per heavy atom. The van der Waals surface area contributed by atoms with Crippen molar-refractivity contribution in [3.63, 3.8) is 0 Å². The largest absolute Gasteiger partial charge is 0.331 e. The topological polar surface area (TPSA) is 103 Å². The van der Waals surface area contributed by atoms with Crippen molar-refractivity contribution in [2.45, 2.75) is 26.3 Å². The summed E-state index contributed by atoms with van der Waals surface area (Å²) in [5, 5.41) is 0.497. The molecule has 1 aliphatic rings. The first-order valence-corrected chi connectivity index (χ1v) is 9.71. The minimum Gasteiger partial charge on any atom is -0.331 e. The maximum atomic E-state index is 12.9. The number of H-pyrrole nitrogens is 1. The number of amides is 3. The zero-order valence-electron chi connectivity index (χ0n) is 16.4. The number of fused-ring (bicyclic) bond motifs is 1. The highest BCUT2D eigenvalue weighted by Crippen LogP contribution is 2.23. The molecule has 1 N–H and O–H groups in total. The standard InChI is InChI=1S/C22H20N4O4/c1-2-25(13-18-23-17-6-4-3-5-16(17)21(29)24-18)22(30)14-7-9-15(10-8-14)26-19(27)11-12-20(26)28/h3-10H,2,11-13H2,1H3,(H,23,24,29). The first-order valence-electron chi connectivity index (χ1n) is 9.71. The van der Waals surface area contributed by atoms with E-state index in [-0.39, 0.29) is 42.7 Å². The molecule has 0 spiro atoms. The Morgan fingerprint density at radius 1 is 1.03 bits per heavy atom. The molecule has 0 saturated carbocycles. The molecule has 1 saturated heterocycles. The molecule has 0 atom stereocenters. The summed E-state index contributed by atoms with van der Waals surface area (Å²) in [6.45, 7) is 2.41. The van der Waals surface area contributed by atoms with Crippen LogP contribution in [-0.4, -0.2) is 39.1 Å². The van der Waals surface area contributed by atoms with Crippen molar-refractivity contribution in [1.82, 2.24) is 14.9 Å². The molecule has 1 aromatic heterocycles. The molecule has 3 aromatic rings. The zero-order valence-corrected chi connectivity index (χ0v) is 16.4. The molecular weight excluding hydrogens is 384 g/mol. The molecule has 3 amide bonds. The Hall–Kier alpha value is -3.81. The van der Waals surface area contributed by atoms with Gasteiger partial charge in [0.25, 0.3) is 11.5 Å². The molecular formula is C22H20N4O4. The summed E-state index contributed by atoms with van der Waals surface area (Å²) < 4.78 is 0. The van der Waals surface area contributed by atoms with Gasteiger partial charge in [0.15, 0.2) is 0 Å². The molecule has 30 heavy (non-hydrogen) atoms. The predicted molar refractivity (Wildman–Crippen MR) is 111 cm³/mol. The number of aromatic amines is 1. The molecule has 0 unspecified atom stereocenters. The molecule has 152 valence electrons. The smallest absolute Gasteiger partial charge is 0.258 e. The van der Waals surface area contributed by atoms with Gasteiger partial charge in [0.2, 0.25) is 11.8 Å². The first-order chi connectivity index (χ1) is 14.5. The summed E-state index contributed by atoms with van der Waals surface area (Å²) >= 11 is 0. The highest BCUT2D eigenvalue weighted by molar-refractivity contribution is 6.19. The van der Waals surface area contributed by atoms with Crippen LogP contribution in [0, 0.1) is 0 Å². The number of anilines is 1. The molecule has 0 aliphatic carbocycles. The van der Waals surface area contributed by atoms with Crippen molar-refractivity contribution in [3.05, 3.63) is 70.3 Å². The number of rotatable bonds is 5. The van der Waals surface area contributed by atoms with Gasteiger partial charge in [-0.3, -0.25) is 24.1 Å². The van der Waals surface area contributed by atoms with Crippen molar-refractivity contribution >= 4 is 34.3 Å². The minimum atomic E-state index is -0.247. The normalized spacial score (nSPS) is 13.8. The van der Waals surface area contributed by atoms with Crippen LogP contribution in [0.5, 0.6) is 0 Å². The maximum Gasteiger partial charge on any atom is 0.258 e. The van der Waals surface area contributed by atoms with E-state index < -0.39 is 0 Å². The van der Waals surface area contributed by atoms with Gasteiger partial charge in [-0.2, -0.15) is 0 Å². The quantitative estimate of drug-likeness (QED) is 0.657. The van der Waals surface area contributed by atoms with Gasteiger partial charge in [-0.15, -0.1) is 0 Å². The van der Waals surface area contributed by atoms with Gasteiger partial charge in [-0.05, 0) is 43.3 Å². The average Bonchev–Trinajstić information content (AvgIpc) is 3.09. The zero-order chi connectivity index (χ0) is 21.3. The third kappa shape index (κ3) is 3.59. The van der Waals surface area contributed by atoms with Crippen molar-refractivity contribution in [2.75, 3.05) is 11.4 Å². The number of aromatic nitrogens is 2. The lowest BCUT2D eigenvalue weighted by atomic mass is 10.1. The van der Waals surface area contributed by atoms with Gasteiger partial charge >= 0.3 is 0 Å². The van der Waals surface area contributed by atoms with E-state index in [1.54, 1.807) is 53.4 Å². The molecule has 1 aliphatic heterocycles. The Kier molecular flexibility index (Phi) is 5.14. The number of carbonyl (C=O) groups excluding carboxylic acids is 3.